The third-order valence-electron chi connectivity index (χ3n) is 8.34. The van der Waals surface area contributed by atoms with Gasteiger partial charge in [0.05, 0.1) is 47.5 Å². The zero-order chi connectivity index (χ0) is 39.4. The number of alkyl halides is 10. The van der Waals surface area contributed by atoms with E-state index in [0.717, 1.165) is 23.2 Å². The summed E-state index contributed by atoms with van der Waals surface area (Å²) >= 11 is 0. The number of halogens is 10. The van der Waals surface area contributed by atoms with Gasteiger partial charge in [-0.05, 0) is 73.7 Å². The van der Waals surface area contributed by atoms with Gasteiger partial charge in [0, 0.05) is 18.8 Å². The normalized spacial score (nSPS) is 17.7. The van der Waals surface area contributed by atoms with Crippen LogP contribution in [0.5, 0.6) is 5.75 Å². The molecule has 1 aliphatic rings. The molecule has 0 aliphatic carbocycles. The van der Waals surface area contributed by atoms with Gasteiger partial charge in [-0.2, -0.15) is 39.5 Å². The van der Waals surface area contributed by atoms with Gasteiger partial charge in [-0.25, -0.2) is 19.2 Å². The Morgan fingerprint density at radius 1 is 0.906 bits per heavy atom. The van der Waals surface area contributed by atoms with E-state index in [1.807, 2.05) is 0 Å². The fourth-order valence-electron chi connectivity index (χ4n) is 5.79. The van der Waals surface area contributed by atoms with Gasteiger partial charge >= 0.3 is 30.6 Å². The summed E-state index contributed by atoms with van der Waals surface area (Å²) in [5.41, 5.74) is -0.395. The van der Waals surface area contributed by atoms with Gasteiger partial charge < -0.3 is 19.9 Å². The number of ether oxygens (including phenoxy) is 3. The average Bonchev–Trinajstić information content (AvgIpc) is 3.07. The van der Waals surface area contributed by atoms with Crippen molar-refractivity contribution in [3.8, 4) is 5.75 Å². The number of fused-ring (bicyclic) bond motifs is 1. The summed E-state index contributed by atoms with van der Waals surface area (Å²) in [7, 11) is 0. The van der Waals surface area contributed by atoms with E-state index in [4.69, 9.17) is 19.9 Å². The summed E-state index contributed by atoms with van der Waals surface area (Å²) in [6.07, 6.45) is -16.4. The highest BCUT2D eigenvalue weighted by Crippen LogP contribution is 2.48. The average molecular weight is 769 g/mol. The predicted molar refractivity (Wildman–Crippen MR) is 168 cm³/mol. The number of carbonyl (C=O) groups is 2. The Labute approximate surface area is 296 Å². The Morgan fingerprint density at radius 2 is 1.55 bits per heavy atom. The number of amides is 1. The molecule has 0 radical (unpaired) electrons. The Balaban J connectivity index is 1.88. The van der Waals surface area contributed by atoms with Crippen molar-refractivity contribution in [3.05, 3.63) is 81.9 Å². The number of rotatable bonds is 12. The molecule has 4 rings (SSSR count). The summed E-state index contributed by atoms with van der Waals surface area (Å²) in [5.74, 6) is -2.23. The van der Waals surface area contributed by atoms with E-state index in [1.165, 1.54) is 0 Å². The Bertz CT molecular complexity index is 1750. The fraction of sp³-hybridized carbons (Fsp3) is 0.471. The molecule has 19 heteroatoms. The number of hydrogen-bond acceptors (Lipinski definition) is 8. The molecule has 0 spiro atoms. The van der Waals surface area contributed by atoms with Crippen LogP contribution in [0, 0.1) is 0 Å². The van der Waals surface area contributed by atoms with Crippen LogP contribution in [-0.2, 0) is 39.2 Å². The molecular formula is C34H34F10N4O5. The number of benzene rings is 2. The minimum absolute atomic E-state index is 0.0202. The van der Waals surface area contributed by atoms with Crippen LogP contribution >= 0.6 is 0 Å². The van der Waals surface area contributed by atoms with E-state index in [2.05, 4.69) is 9.97 Å². The van der Waals surface area contributed by atoms with Crippen molar-refractivity contribution in [1.29, 1.82) is 0 Å². The second-order valence-electron chi connectivity index (χ2n) is 12.0. The molecule has 0 fully saturated rings. The molecular weight excluding hydrogens is 734 g/mol. The van der Waals surface area contributed by atoms with Crippen molar-refractivity contribution < 1.29 is 67.7 Å². The molecule has 2 aromatic carbocycles. The first-order valence-electron chi connectivity index (χ1n) is 16.2. The first kappa shape index (κ1) is 41.1. The van der Waals surface area contributed by atoms with E-state index in [1.54, 1.807) is 13.8 Å². The number of nitrogens with zero attached hydrogens (tertiary/aromatic N) is 3. The van der Waals surface area contributed by atoms with Gasteiger partial charge in [-0.3, -0.25) is 9.69 Å². The van der Waals surface area contributed by atoms with E-state index >= 15 is 0 Å². The maximum absolute atomic E-state index is 14.0. The van der Waals surface area contributed by atoms with Crippen molar-refractivity contribution in [2.75, 3.05) is 31.4 Å². The Morgan fingerprint density at radius 3 is 2.11 bits per heavy atom. The summed E-state index contributed by atoms with van der Waals surface area (Å²) in [6, 6.07) is 3.34. The minimum Gasteiger partial charge on any atom is -0.490 e. The van der Waals surface area contributed by atoms with Crippen LogP contribution in [0.1, 0.15) is 84.8 Å². The van der Waals surface area contributed by atoms with Crippen LogP contribution in [0.15, 0.2) is 42.6 Å². The minimum atomic E-state index is -5.16. The van der Waals surface area contributed by atoms with Gasteiger partial charge in [0.1, 0.15) is 24.8 Å². The number of hydrogen-bond donors (Lipinski definition) is 1. The molecule has 2 atom stereocenters. The second-order valence-corrected chi connectivity index (χ2v) is 12.0. The van der Waals surface area contributed by atoms with E-state index < -0.39 is 84.1 Å². The molecule has 3 aromatic rings. The number of esters is 1. The lowest BCUT2D eigenvalue weighted by Gasteiger charge is -2.46. The van der Waals surface area contributed by atoms with Crippen molar-refractivity contribution in [3.63, 3.8) is 0 Å². The molecule has 0 unspecified atom stereocenters. The van der Waals surface area contributed by atoms with Crippen LogP contribution in [0.2, 0.25) is 0 Å². The summed E-state index contributed by atoms with van der Waals surface area (Å²) in [4.78, 5) is 34.5. The summed E-state index contributed by atoms with van der Waals surface area (Å²) < 4.78 is 152. The molecule has 0 saturated carbocycles. The van der Waals surface area contributed by atoms with E-state index in [0.29, 0.717) is 18.2 Å². The van der Waals surface area contributed by atoms with Gasteiger partial charge in [-0.15, -0.1) is 0 Å². The number of anilines is 1. The van der Waals surface area contributed by atoms with Crippen LogP contribution < -0.4 is 15.4 Å². The molecule has 53 heavy (non-hydrogen) atoms. The van der Waals surface area contributed by atoms with Crippen molar-refractivity contribution in [2.45, 2.75) is 76.1 Å². The highest BCUT2D eigenvalue weighted by molar-refractivity contribution is 5.91. The largest absolute Gasteiger partial charge is 0.490 e. The Hall–Kier alpha value is -4.68. The maximum Gasteiger partial charge on any atom is 0.416 e. The smallest absolute Gasteiger partial charge is 0.416 e. The molecule has 9 nitrogen and oxygen atoms in total. The molecule has 2 N–H and O–H groups in total. The van der Waals surface area contributed by atoms with Gasteiger partial charge in [0.15, 0.2) is 5.75 Å². The number of aromatic nitrogens is 2. The lowest BCUT2D eigenvalue weighted by atomic mass is 9.80. The highest BCUT2D eigenvalue weighted by atomic mass is 19.4. The highest BCUT2D eigenvalue weighted by Gasteiger charge is 2.47. The van der Waals surface area contributed by atoms with Crippen molar-refractivity contribution >= 4 is 17.7 Å². The predicted octanol–water partition coefficient (Wildman–Crippen LogP) is 8.36. The number of carbonyl (C=O) groups excluding carboxylic acids is 2. The first-order valence-corrected chi connectivity index (χ1v) is 16.2. The maximum atomic E-state index is 14.0. The molecule has 0 bridgehead atoms. The standard InChI is InChI=1S/C34H34F10N4O5/c1-3-31(45)17-24(23-16-20(32(36,37)38)7-8-26(23)48(31)30(50)53-11-9-35)29-46-18-27(52-10-5-6-28(49)51-4-2)25(47-29)14-19-12-21(33(39,40)41)15-22(13-19)34(42,43)44/h7-8,12-13,15-16,18,24H,3-6,9-11,14,17,45H2,1-2H3/t24-,31+/m0/s1. The monoisotopic (exact) mass is 768 g/mol. The summed E-state index contributed by atoms with van der Waals surface area (Å²) in [6.45, 7) is 1.35. The van der Waals surface area contributed by atoms with E-state index in [9.17, 15) is 53.5 Å². The lowest BCUT2D eigenvalue weighted by molar-refractivity contribution is -0.144. The topological polar surface area (TPSA) is 117 Å². The quantitative estimate of drug-likeness (QED) is 0.111. The third-order valence-corrected chi connectivity index (χ3v) is 8.34. The molecule has 1 aromatic heterocycles. The fourth-order valence-corrected chi connectivity index (χ4v) is 5.79. The SMILES string of the molecule is CCOC(=O)CCCOc1cnc([C@H]2C[C@@](N)(CC)N(C(=O)OCCF)c3ccc(C(F)(F)F)cc32)nc1Cc1cc(C(F)(F)F)cc(C(F)(F)F)c1. The molecule has 1 aliphatic heterocycles. The second kappa shape index (κ2) is 16.1. The van der Waals surface area contributed by atoms with Gasteiger partial charge in [0.2, 0.25) is 0 Å². The molecule has 1 amide bonds. The van der Waals surface area contributed by atoms with Gasteiger partial charge in [0.25, 0.3) is 0 Å². The van der Waals surface area contributed by atoms with E-state index in [-0.39, 0.29) is 73.5 Å². The first-order chi connectivity index (χ1) is 24.7. The van der Waals surface area contributed by atoms with Crippen molar-refractivity contribution in [2.24, 2.45) is 5.73 Å². The van der Waals surface area contributed by atoms with Crippen LogP contribution in [-0.4, -0.2) is 54.2 Å². The summed E-state index contributed by atoms with van der Waals surface area (Å²) in [5, 5.41) is 0. The van der Waals surface area contributed by atoms with Gasteiger partial charge in [-0.1, -0.05) is 6.92 Å². The van der Waals surface area contributed by atoms with Crippen LogP contribution in [0.3, 0.4) is 0 Å². The molecule has 290 valence electrons. The van der Waals surface area contributed by atoms with Crippen LogP contribution in [0.25, 0.3) is 0 Å². The Kier molecular flexibility index (Phi) is 12.5. The molecule has 0 saturated heterocycles. The lowest BCUT2D eigenvalue weighted by Crippen LogP contribution is -2.61. The molecule has 2 heterocycles. The zero-order valence-electron chi connectivity index (χ0n) is 28.2. The number of nitrogens with two attached hydrogens (primary N) is 1. The third kappa shape index (κ3) is 9.85. The van der Waals surface area contributed by atoms with Crippen molar-refractivity contribution in [1.82, 2.24) is 9.97 Å². The van der Waals surface area contributed by atoms with Crippen LogP contribution in [0.4, 0.5) is 54.4 Å². The zero-order valence-corrected chi connectivity index (χ0v) is 28.2.